The van der Waals surface area contributed by atoms with E-state index in [1.54, 1.807) is 7.11 Å². The van der Waals surface area contributed by atoms with Crippen LogP contribution in [0.2, 0.25) is 0 Å². The molecule has 38 heavy (non-hydrogen) atoms. The molecular weight excluding hydrogens is 500 g/mol. The Bertz CT molecular complexity index is 1550. The summed E-state index contributed by atoms with van der Waals surface area (Å²) in [5.41, 5.74) is 2.76. The van der Waals surface area contributed by atoms with Crippen molar-refractivity contribution in [3.05, 3.63) is 118 Å². The van der Waals surface area contributed by atoms with Crippen LogP contribution in [0.1, 0.15) is 22.2 Å². The number of thioether (sulfide) groups is 1. The Balaban J connectivity index is 1.34. The lowest BCUT2D eigenvalue weighted by atomic mass is 10.1. The predicted octanol–water partition coefficient (Wildman–Crippen LogP) is 6.43. The number of aryl methyl sites for hydroxylation is 1. The van der Waals surface area contributed by atoms with Gasteiger partial charge in [0, 0.05) is 10.6 Å². The van der Waals surface area contributed by atoms with Gasteiger partial charge in [-0.2, -0.15) is 0 Å². The standard InChI is InChI=1S/C29H26N4O4S/c1-20-30-31-29(33(20)24-12-16-25(36-2)17-13-24)38-28(18-32(34)35)22-10-14-26(15-11-22)37-19-23-8-5-7-21-6-3-4-9-27(21)23/h3-17,28H,18-19H2,1-2H3/t28-/m1/s1. The smallest absolute Gasteiger partial charge is 0.220 e. The average Bonchev–Trinajstić information content (AvgIpc) is 3.31. The molecule has 1 heterocycles. The summed E-state index contributed by atoms with van der Waals surface area (Å²) in [6, 6.07) is 29.4. The molecule has 5 rings (SSSR count). The van der Waals surface area contributed by atoms with Gasteiger partial charge in [-0.1, -0.05) is 66.4 Å². The van der Waals surface area contributed by atoms with Crippen LogP contribution in [-0.4, -0.2) is 33.3 Å². The quantitative estimate of drug-likeness (QED) is 0.118. The maximum absolute atomic E-state index is 11.5. The second kappa shape index (κ2) is 11.4. The van der Waals surface area contributed by atoms with Crippen molar-refractivity contribution in [3.8, 4) is 17.2 Å². The summed E-state index contributed by atoms with van der Waals surface area (Å²) in [5.74, 6) is 2.13. The van der Waals surface area contributed by atoms with E-state index in [0.29, 0.717) is 23.3 Å². The number of rotatable bonds is 10. The molecule has 0 N–H and O–H groups in total. The summed E-state index contributed by atoms with van der Waals surface area (Å²) in [5, 5.41) is 22.5. The molecule has 9 heteroatoms. The van der Waals surface area contributed by atoms with Gasteiger partial charge in [0.05, 0.1) is 7.11 Å². The summed E-state index contributed by atoms with van der Waals surface area (Å²) in [6.45, 7) is 2.03. The maximum Gasteiger partial charge on any atom is 0.220 e. The molecule has 4 aromatic carbocycles. The van der Waals surface area contributed by atoms with Crippen molar-refractivity contribution in [2.45, 2.75) is 23.9 Å². The molecule has 0 saturated carbocycles. The van der Waals surface area contributed by atoms with E-state index in [9.17, 15) is 10.1 Å². The fourth-order valence-corrected chi connectivity index (χ4v) is 5.45. The fourth-order valence-electron chi connectivity index (χ4n) is 4.28. The minimum Gasteiger partial charge on any atom is -0.497 e. The van der Waals surface area contributed by atoms with Gasteiger partial charge < -0.3 is 9.47 Å². The molecule has 0 aliphatic carbocycles. The molecule has 0 bridgehead atoms. The van der Waals surface area contributed by atoms with E-state index in [0.717, 1.165) is 28.0 Å². The Morgan fingerprint density at radius 3 is 2.37 bits per heavy atom. The Kier molecular flexibility index (Phi) is 7.55. The van der Waals surface area contributed by atoms with Gasteiger partial charge in [0.2, 0.25) is 6.54 Å². The molecule has 0 amide bonds. The molecule has 0 aliphatic heterocycles. The Morgan fingerprint density at radius 2 is 1.63 bits per heavy atom. The van der Waals surface area contributed by atoms with Crippen molar-refractivity contribution >= 4 is 22.5 Å². The van der Waals surface area contributed by atoms with Gasteiger partial charge in [0.15, 0.2) is 5.16 Å². The minimum absolute atomic E-state index is 0.255. The maximum atomic E-state index is 11.5. The van der Waals surface area contributed by atoms with Crippen molar-refractivity contribution in [2.75, 3.05) is 13.7 Å². The second-order valence-corrected chi connectivity index (χ2v) is 9.85. The van der Waals surface area contributed by atoms with Crippen molar-refractivity contribution in [2.24, 2.45) is 0 Å². The average molecular weight is 527 g/mol. The van der Waals surface area contributed by atoms with Crippen LogP contribution in [-0.2, 0) is 6.61 Å². The number of aromatic nitrogens is 3. The molecule has 0 aliphatic rings. The van der Waals surface area contributed by atoms with Crippen LogP contribution < -0.4 is 9.47 Å². The minimum atomic E-state index is -0.460. The molecular formula is C29H26N4O4S. The number of ether oxygens (including phenoxy) is 2. The number of nitro groups is 1. The van der Waals surface area contributed by atoms with Crippen LogP contribution in [0.5, 0.6) is 11.5 Å². The normalized spacial score (nSPS) is 11.8. The van der Waals surface area contributed by atoms with Gasteiger partial charge in [0.25, 0.3) is 0 Å². The highest BCUT2D eigenvalue weighted by molar-refractivity contribution is 7.99. The topological polar surface area (TPSA) is 92.3 Å². The monoisotopic (exact) mass is 526 g/mol. The van der Waals surface area contributed by atoms with E-state index in [1.807, 2.05) is 78.2 Å². The third kappa shape index (κ3) is 5.63. The largest absolute Gasteiger partial charge is 0.497 e. The zero-order valence-corrected chi connectivity index (χ0v) is 21.8. The summed E-state index contributed by atoms with van der Waals surface area (Å²) in [7, 11) is 1.61. The van der Waals surface area contributed by atoms with E-state index >= 15 is 0 Å². The molecule has 0 radical (unpaired) electrons. The number of hydrogen-bond acceptors (Lipinski definition) is 7. The number of hydrogen-bond donors (Lipinski definition) is 0. The van der Waals surface area contributed by atoms with E-state index in [4.69, 9.17) is 9.47 Å². The Labute approximate surface area is 224 Å². The highest BCUT2D eigenvalue weighted by atomic mass is 32.2. The summed E-state index contributed by atoms with van der Waals surface area (Å²) >= 11 is 1.32. The van der Waals surface area contributed by atoms with E-state index in [1.165, 1.54) is 17.1 Å². The Hall–Kier alpha value is -4.37. The van der Waals surface area contributed by atoms with Crippen molar-refractivity contribution in [1.82, 2.24) is 14.8 Å². The summed E-state index contributed by atoms with van der Waals surface area (Å²) in [6.07, 6.45) is 0. The van der Waals surface area contributed by atoms with E-state index in [-0.39, 0.29) is 11.5 Å². The van der Waals surface area contributed by atoms with Gasteiger partial charge in [-0.25, -0.2) is 0 Å². The molecule has 192 valence electrons. The molecule has 5 aromatic rings. The number of fused-ring (bicyclic) bond motifs is 1. The summed E-state index contributed by atoms with van der Waals surface area (Å²) in [4.78, 5) is 11.2. The predicted molar refractivity (Wildman–Crippen MR) is 148 cm³/mol. The first-order chi connectivity index (χ1) is 18.5. The molecule has 1 atom stereocenters. The van der Waals surface area contributed by atoms with Crippen LogP contribution in [0, 0.1) is 17.0 Å². The van der Waals surface area contributed by atoms with Crippen LogP contribution in [0.15, 0.2) is 96.2 Å². The highest BCUT2D eigenvalue weighted by Gasteiger charge is 2.24. The molecule has 0 fully saturated rings. The van der Waals surface area contributed by atoms with Gasteiger partial charge in [-0.3, -0.25) is 14.7 Å². The van der Waals surface area contributed by atoms with E-state index in [2.05, 4.69) is 34.5 Å². The highest BCUT2D eigenvalue weighted by Crippen LogP contribution is 2.37. The van der Waals surface area contributed by atoms with E-state index < -0.39 is 5.25 Å². The van der Waals surface area contributed by atoms with Gasteiger partial charge in [0.1, 0.15) is 29.2 Å². The van der Waals surface area contributed by atoms with Crippen LogP contribution in [0.25, 0.3) is 16.5 Å². The first-order valence-corrected chi connectivity index (χ1v) is 12.9. The second-order valence-electron chi connectivity index (χ2n) is 8.68. The zero-order chi connectivity index (χ0) is 26.5. The zero-order valence-electron chi connectivity index (χ0n) is 21.0. The SMILES string of the molecule is COc1ccc(-n2c(C)nnc2S[C@H](C[N+](=O)[O-])c2ccc(OCc3cccc4ccccc34)cc2)cc1. The van der Waals surface area contributed by atoms with Gasteiger partial charge >= 0.3 is 0 Å². The van der Waals surface area contributed by atoms with Crippen LogP contribution >= 0.6 is 11.8 Å². The molecule has 0 saturated heterocycles. The molecule has 0 unspecified atom stereocenters. The molecule has 1 aromatic heterocycles. The number of nitrogens with zero attached hydrogens (tertiary/aromatic N) is 4. The molecule has 8 nitrogen and oxygen atoms in total. The first kappa shape index (κ1) is 25.3. The van der Waals surface area contributed by atoms with Gasteiger partial charge in [-0.05, 0) is 65.2 Å². The van der Waals surface area contributed by atoms with Crippen molar-refractivity contribution in [1.29, 1.82) is 0 Å². The third-order valence-electron chi connectivity index (χ3n) is 6.21. The molecule has 0 spiro atoms. The van der Waals surface area contributed by atoms with Gasteiger partial charge in [-0.15, -0.1) is 10.2 Å². The fraction of sp³-hybridized carbons (Fsp3) is 0.172. The first-order valence-electron chi connectivity index (χ1n) is 12.1. The lowest BCUT2D eigenvalue weighted by molar-refractivity contribution is -0.479. The van der Waals surface area contributed by atoms with Crippen LogP contribution in [0.4, 0.5) is 0 Å². The number of methoxy groups -OCH3 is 1. The lowest BCUT2D eigenvalue weighted by Crippen LogP contribution is -2.11. The third-order valence-corrected chi connectivity index (χ3v) is 7.40. The lowest BCUT2D eigenvalue weighted by Gasteiger charge is -2.15. The number of benzene rings is 4. The van der Waals surface area contributed by atoms with Crippen LogP contribution in [0.3, 0.4) is 0 Å². The van der Waals surface area contributed by atoms with Crippen molar-refractivity contribution in [3.63, 3.8) is 0 Å². The Morgan fingerprint density at radius 1 is 0.921 bits per heavy atom. The summed E-state index contributed by atoms with van der Waals surface area (Å²) < 4.78 is 13.2. The van der Waals surface area contributed by atoms with Crippen molar-refractivity contribution < 1.29 is 14.4 Å².